The van der Waals surface area contributed by atoms with Crippen molar-refractivity contribution in [1.82, 2.24) is 14.9 Å². The number of anilines is 1. The number of hydrogen-bond acceptors (Lipinski definition) is 7. The number of carbonyl (C=O) groups is 1. The van der Waals surface area contributed by atoms with Crippen molar-refractivity contribution in [1.29, 1.82) is 0 Å². The number of aromatic nitrogens is 2. The number of hydrogen-bond donors (Lipinski definition) is 1. The fourth-order valence-electron chi connectivity index (χ4n) is 5.14. The molecule has 0 saturated carbocycles. The predicted molar refractivity (Wildman–Crippen MR) is 131 cm³/mol. The molecule has 180 valence electrons. The van der Waals surface area contributed by atoms with Gasteiger partial charge in [0.2, 0.25) is 5.91 Å². The standard InChI is InChI=1S/C27H28N4O4/c28-26-13-24(29-16-30-26)18-1-2-19-15-34-25-12-20(3-4-22(25)23(19)11-18)35-21-5-8-31(14-21)27(32)17-6-9-33-10-7-17/h1-4,11-13,16-17,21H,5-10,14-15H2,(H2,28,29,30)/t21-/m0/s1. The van der Waals surface area contributed by atoms with Gasteiger partial charge in [-0.05, 0) is 42.2 Å². The van der Waals surface area contributed by atoms with Crippen LogP contribution >= 0.6 is 0 Å². The van der Waals surface area contributed by atoms with Crippen molar-refractivity contribution in [3.63, 3.8) is 0 Å². The molecule has 3 aliphatic rings. The van der Waals surface area contributed by atoms with Gasteiger partial charge in [0.15, 0.2) is 0 Å². The summed E-state index contributed by atoms with van der Waals surface area (Å²) in [5, 5.41) is 0. The first-order chi connectivity index (χ1) is 17.1. The van der Waals surface area contributed by atoms with Gasteiger partial charge in [-0.3, -0.25) is 4.79 Å². The fraction of sp³-hybridized carbons (Fsp3) is 0.370. The summed E-state index contributed by atoms with van der Waals surface area (Å²) in [7, 11) is 0. The lowest BCUT2D eigenvalue weighted by Crippen LogP contribution is -2.38. The first-order valence-corrected chi connectivity index (χ1v) is 12.2. The Labute approximate surface area is 204 Å². The molecule has 0 spiro atoms. The van der Waals surface area contributed by atoms with E-state index in [9.17, 15) is 4.79 Å². The number of amides is 1. The number of ether oxygens (including phenoxy) is 3. The molecule has 2 saturated heterocycles. The topological polar surface area (TPSA) is 99.8 Å². The molecule has 1 atom stereocenters. The summed E-state index contributed by atoms with van der Waals surface area (Å²) < 4.78 is 17.7. The number of fused-ring (bicyclic) bond motifs is 3. The number of carbonyl (C=O) groups excluding carboxylic acids is 1. The lowest BCUT2D eigenvalue weighted by atomic mass is 9.94. The first-order valence-electron chi connectivity index (χ1n) is 12.2. The average molecular weight is 473 g/mol. The van der Waals surface area contributed by atoms with Gasteiger partial charge in [-0.25, -0.2) is 9.97 Å². The SMILES string of the molecule is Nc1cc(-c2ccc3c(c2)-c2ccc(O[C@H]4CCN(C(=O)C5CCOCC5)C4)cc2OC3)ncn1. The molecule has 1 aromatic heterocycles. The van der Waals surface area contributed by atoms with E-state index in [1.807, 2.05) is 29.2 Å². The van der Waals surface area contributed by atoms with Crippen molar-refractivity contribution in [2.75, 3.05) is 32.0 Å². The largest absolute Gasteiger partial charge is 0.488 e. The quantitative estimate of drug-likeness (QED) is 0.618. The maximum atomic E-state index is 12.8. The maximum absolute atomic E-state index is 12.8. The Morgan fingerprint density at radius 2 is 1.91 bits per heavy atom. The summed E-state index contributed by atoms with van der Waals surface area (Å²) in [6, 6.07) is 14.0. The molecule has 3 aromatic rings. The van der Waals surface area contributed by atoms with Crippen LogP contribution in [0.2, 0.25) is 0 Å². The molecule has 1 amide bonds. The van der Waals surface area contributed by atoms with Crippen LogP contribution in [0.4, 0.5) is 5.82 Å². The zero-order valence-electron chi connectivity index (χ0n) is 19.5. The molecule has 3 aliphatic heterocycles. The number of nitrogen functional groups attached to an aromatic ring is 1. The summed E-state index contributed by atoms with van der Waals surface area (Å²) >= 11 is 0. The molecule has 2 fully saturated rings. The number of likely N-dealkylation sites (tertiary alicyclic amines) is 1. The van der Waals surface area contributed by atoms with Crippen molar-refractivity contribution in [3.8, 4) is 33.9 Å². The Balaban J connectivity index is 1.17. The van der Waals surface area contributed by atoms with Crippen LogP contribution in [0.15, 0.2) is 48.8 Å². The number of rotatable bonds is 4. The van der Waals surface area contributed by atoms with E-state index in [1.54, 1.807) is 6.07 Å². The van der Waals surface area contributed by atoms with Crippen LogP contribution in [0.25, 0.3) is 22.4 Å². The number of nitrogens with two attached hydrogens (primary N) is 1. The molecule has 2 N–H and O–H groups in total. The zero-order chi connectivity index (χ0) is 23.8. The van der Waals surface area contributed by atoms with Gasteiger partial charge in [0, 0.05) is 55.4 Å². The molecule has 8 heteroatoms. The Kier molecular flexibility index (Phi) is 5.74. The van der Waals surface area contributed by atoms with E-state index < -0.39 is 0 Å². The van der Waals surface area contributed by atoms with Gasteiger partial charge < -0.3 is 24.8 Å². The highest BCUT2D eigenvalue weighted by atomic mass is 16.5. The maximum Gasteiger partial charge on any atom is 0.225 e. The Hall–Kier alpha value is -3.65. The van der Waals surface area contributed by atoms with Crippen molar-refractivity contribution >= 4 is 11.7 Å². The highest BCUT2D eigenvalue weighted by Gasteiger charge is 2.33. The highest BCUT2D eigenvalue weighted by Crippen LogP contribution is 2.41. The normalized spacial score (nSPS) is 19.5. The molecule has 0 radical (unpaired) electrons. The van der Waals surface area contributed by atoms with E-state index in [0.717, 1.165) is 65.3 Å². The first kappa shape index (κ1) is 21.9. The number of benzene rings is 2. The van der Waals surface area contributed by atoms with Crippen LogP contribution in [0, 0.1) is 5.92 Å². The monoisotopic (exact) mass is 472 g/mol. The second-order valence-electron chi connectivity index (χ2n) is 9.35. The lowest BCUT2D eigenvalue weighted by Gasteiger charge is -2.26. The van der Waals surface area contributed by atoms with Crippen LogP contribution in [0.1, 0.15) is 24.8 Å². The van der Waals surface area contributed by atoms with Crippen molar-refractivity contribution in [2.24, 2.45) is 5.92 Å². The summed E-state index contributed by atoms with van der Waals surface area (Å²) in [6.07, 6.45) is 3.93. The molecule has 0 aliphatic carbocycles. The van der Waals surface area contributed by atoms with Gasteiger partial charge in [-0.15, -0.1) is 0 Å². The molecule has 0 bridgehead atoms. The van der Waals surface area contributed by atoms with Gasteiger partial charge in [0.05, 0.1) is 12.2 Å². The van der Waals surface area contributed by atoms with E-state index in [1.165, 1.54) is 6.33 Å². The van der Waals surface area contributed by atoms with Crippen molar-refractivity contribution in [2.45, 2.75) is 32.0 Å². The predicted octanol–water partition coefficient (Wildman–Crippen LogP) is 3.69. The van der Waals surface area contributed by atoms with Gasteiger partial charge in [0.25, 0.3) is 0 Å². The molecular weight excluding hydrogens is 444 g/mol. The highest BCUT2D eigenvalue weighted by molar-refractivity contribution is 5.80. The van der Waals surface area contributed by atoms with Crippen LogP contribution in [0.3, 0.4) is 0 Å². The van der Waals surface area contributed by atoms with Gasteiger partial charge in [0.1, 0.15) is 36.4 Å². The summed E-state index contributed by atoms with van der Waals surface area (Å²) in [4.78, 5) is 23.1. The molecule has 0 unspecified atom stereocenters. The third-order valence-electron chi connectivity index (χ3n) is 7.05. The van der Waals surface area contributed by atoms with E-state index in [2.05, 4.69) is 22.1 Å². The van der Waals surface area contributed by atoms with Gasteiger partial charge >= 0.3 is 0 Å². The third kappa shape index (κ3) is 4.41. The second-order valence-corrected chi connectivity index (χ2v) is 9.35. The van der Waals surface area contributed by atoms with E-state index in [-0.39, 0.29) is 17.9 Å². The molecule has 4 heterocycles. The van der Waals surface area contributed by atoms with Crippen molar-refractivity contribution in [3.05, 3.63) is 54.4 Å². The minimum atomic E-state index is -0.0115. The average Bonchev–Trinajstić information content (AvgIpc) is 3.36. The zero-order valence-corrected chi connectivity index (χ0v) is 19.5. The summed E-state index contributed by atoms with van der Waals surface area (Å²) in [5.41, 5.74) is 10.9. The van der Waals surface area contributed by atoms with Crippen molar-refractivity contribution < 1.29 is 19.0 Å². The van der Waals surface area contributed by atoms with E-state index in [4.69, 9.17) is 19.9 Å². The molecule has 2 aromatic carbocycles. The van der Waals surface area contributed by atoms with Gasteiger partial charge in [-0.1, -0.05) is 12.1 Å². The molecule has 35 heavy (non-hydrogen) atoms. The number of nitrogens with zero attached hydrogens (tertiary/aromatic N) is 3. The smallest absolute Gasteiger partial charge is 0.225 e. The summed E-state index contributed by atoms with van der Waals surface area (Å²) in [6.45, 7) is 3.22. The lowest BCUT2D eigenvalue weighted by molar-refractivity contribution is -0.137. The molecular formula is C27H28N4O4. The molecule has 6 rings (SSSR count). The Morgan fingerprint density at radius 3 is 2.77 bits per heavy atom. The Morgan fingerprint density at radius 1 is 1.03 bits per heavy atom. The van der Waals surface area contributed by atoms with Gasteiger partial charge in [-0.2, -0.15) is 0 Å². The van der Waals surface area contributed by atoms with E-state index >= 15 is 0 Å². The third-order valence-corrected chi connectivity index (χ3v) is 7.05. The van der Waals surface area contributed by atoms with Crippen LogP contribution in [-0.2, 0) is 16.1 Å². The van der Waals surface area contributed by atoms with Crippen LogP contribution in [-0.4, -0.2) is 53.2 Å². The molecule has 8 nitrogen and oxygen atoms in total. The Bertz CT molecular complexity index is 1260. The minimum absolute atomic E-state index is 0.0115. The van der Waals surface area contributed by atoms with E-state index in [0.29, 0.717) is 32.2 Å². The summed E-state index contributed by atoms with van der Waals surface area (Å²) in [5.74, 6) is 2.33. The minimum Gasteiger partial charge on any atom is -0.488 e. The fourth-order valence-corrected chi connectivity index (χ4v) is 5.14. The van der Waals surface area contributed by atoms with Crippen LogP contribution < -0.4 is 15.2 Å². The van der Waals surface area contributed by atoms with Crippen LogP contribution in [0.5, 0.6) is 11.5 Å². The second kappa shape index (κ2) is 9.19.